The van der Waals surface area contributed by atoms with Gasteiger partial charge in [-0.25, -0.2) is 4.79 Å². The standard InChI is InChI=1S/C19H27ClN6O3.HI/c1-3-21-18(22-7-9-26-17(27)11-23-19(26)28)24-14-6-8-25(12-14)15-10-13(20)4-5-16(15)29-2;/h4-5,10,14H,3,6-9,11-12H2,1-2H3,(H,23,28)(H2,21,22,24);1H. The second kappa shape index (κ2) is 11.4. The predicted molar refractivity (Wildman–Crippen MR) is 128 cm³/mol. The van der Waals surface area contributed by atoms with Gasteiger partial charge in [-0.2, -0.15) is 0 Å². The van der Waals surface area contributed by atoms with E-state index in [2.05, 4.69) is 25.8 Å². The Bertz CT molecular complexity index is 778. The van der Waals surface area contributed by atoms with Gasteiger partial charge in [-0.05, 0) is 31.5 Å². The van der Waals surface area contributed by atoms with Crippen LogP contribution in [0.4, 0.5) is 10.5 Å². The minimum Gasteiger partial charge on any atom is -0.495 e. The Labute approximate surface area is 198 Å². The van der Waals surface area contributed by atoms with Crippen molar-refractivity contribution in [3.05, 3.63) is 23.2 Å². The molecule has 0 aliphatic carbocycles. The Morgan fingerprint density at radius 2 is 2.20 bits per heavy atom. The zero-order valence-electron chi connectivity index (χ0n) is 17.1. The average Bonchev–Trinajstić information content (AvgIpc) is 3.29. The fraction of sp³-hybridized carbons (Fsp3) is 0.526. The number of benzene rings is 1. The molecule has 0 saturated carbocycles. The van der Waals surface area contributed by atoms with Crippen LogP contribution in [0.15, 0.2) is 23.2 Å². The van der Waals surface area contributed by atoms with Crippen LogP contribution in [0.3, 0.4) is 0 Å². The molecule has 2 aliphatic heterocycles. The number of amides is 3. The lowest BCUT2D eigenvalue weighted by atomic mass is 10.2. The summed E-state index contributed by atoms with van der Waals surface area (Å²) in [5, 5.41) is 9.83. The summed E-state index contributed by atoms with van der Waals surface area (Å²) in [6, 6.07) is 5.45. The lowest BCUT2D eigenvalue weighted by Crippen LogP contribution is -2.45. The van der Waals surface area contributed by atoms with Crippen LogP contribution in [0.1, 0.15) is 13.3 Å². The Hall–Kier alpha value is -1.95. The predicted octanol–water partition coefficient (Wildman–Crippen LogP) is 1.65. The van der Waals surface area contributed by atoms with E-state index in [1.807, 2.05) is 25.1 Å². The monoisotopic (exact) mass is 550 g/mol. The van der Waals surface area contributed by atoms with E-state index >= 15 is 0 Å². The van der Waals surface area contributed by atoms with Crippen molar-refractivity contribution in [1.82, 2.24) is 20.9 Å². The van der Waals surface area contributed by atoms with Crippen LogP contribution in [-0.4, -0.2) is 75.2 Å². The molecule has 3 rings (SSSR count). The Morgan fingerprint density at radius 3 is 2.87 bits per heavy atom. The number of guanidine groups is 1. The molecule has 3 amide bonds. The van der Waals surface area contributed by atoms with E-state index in [0.717, 1.165) is 30.9 Å². The Kier molecular flexibility index (Phi) is 9.28. The summed E-state index contributed by atoms with van der Waals surface area (Å²) in [7, 11) is 1.65. The van der Waals surface area contributed by atoms with E-state index in [9.17, 15) is 9.59 Å². The van der Waals surface area contributed by atoms with Crippen molar-refractivity contribution in [1.29, 1.82) is 0 Å². The van der Waals surface area contributed by atoms with Crippen LogP contribution in [0.5, 0.6) is 5.75 Å². The van der Waals surface area contributed by atoms with Crippen molar-refractivity contribution in [3.8, 4) is 5.75 Å². The van der Waals surface area contributed by atoms with Gasteiger partial charge in [-0.3, -0.25) is 14.7 Å². The molecule has 2 fully saturated rings. The number of nitrogens with zero attached hydrogens (tertiary/aromatic N) is 3. The van der Waals surface area contributed by atoms with Crippen LogP contribution in [-0.2, 0) is 4.79 Å². The zero-order valence-corrected chi connectivity index (χ0v) is 20.2. The molecular formula is C19H28ClIN6O3. The van der Waals surface area contributed by atoms with E-state index in [4.69, 9.17) is 16.3 Å². The maximum absolute atomic E-state index is 11.6. The van der Waals surface area contributed by atoms with E-state index in [1.165, 1.54) is 4.90 Å². The molecule has 0 spiro atoms. The van der Waals surface area contributed by atoms with Crippen LogP contribution < -0.4 is 25.6 Å². The summed E-state index contributed by atoms with van der Waals surface area (Å²) >= 11 is 6.16. The quantitative estimate of drug-likeness (QED) is 0.207. The number of hydrogen-bond acceptors (Lipinski definition) is 5. The van der Waals surface area contributed by atoms with Crippen molar-refractivity contribution < 1.29 is 14.3 Å². The van der Waals surface area contributed by atoms with Gasteiger partial charge in [0.1, 0.15) is 5.75 Å². The van der Waals surface area contributed by atoms with Gasteiger partial charge in [-0.15, -0.1) is 24.0 Å². The fourth-order valence-electron chi connectivity index (χ4n) is 3.46. The number of ether oxygens (including phenoxy) is 1. The normalized spacial score (nSPS) is 18.9. The summed E-state index contributed by atoms with van der Waals surface area (Å²) < 4.78 is 5.47. The van der Waals surface area contributed by atoms with E-state index in [-0.39, 0.29) is 55.0 Å². The lowest BCUT2D eigenvalue weighted by molar-refractivity contribution is -0.124. The molecular weight excluding hydrogens is 523 g/mol. The number of rotatable bonds is 7. The number of halogens is 2. The molecule has 1 aromatic carbocycles. The zero-order chi connectivity index (χ0) is 20.8. The number of carbonyl (C=O) groups is 2. The van der Waals surface area contributed by atoms with Gasteiger partial charge >= 0.3 is 6.03 Å². The molecule has 2 saturated heterocycles. The molecule has 0 radical (unpaired) electrons. The molecule has 3 N–H and O–H groups in total. The lowest BCUT2D eigenvalue weighted by Gasteiger charge is -2.22. The number of imide groups is 1. The smallest absolute Gasteiger partial charge is 0.324 e. The van der Waals surface area contributed by atoms with Gasteiger partial charge in [0, 0.05) is 30.7 Å². The van der Waals surface area contributed by atoms with Gasteiger partial charge < -0.3 is 25.6 Å². The number of methoxy groups -OCH3 is 1. The van der Waals surface area contributed by atoms with Crippen LogP contribution in [0.25, 0.3) is 0 Å². The third-order valence-corrected chi connectivity index (χ3v) is 5.12. The molecule has 2 heterocycles. The Morgan fingerprint density at radius 1 is 1.40 bits per heavy atom. The first-order valence-corrected chi connectivity index (χ1v) is 10.1. The van der Waals surface area contributed by atoms with E-state index < -0.39 is 0 Å². The third-order valence-electron chi connectivity index (χ3n) is 4.89. The molecule has 11 heteroatoms. The Balaban J connectivity index is 0.00000320. The number of hydrogen-bond donors (Lipinski definition) is 3. The maximum atomic E-state index is 11.6. The summed E-state index contributed by atoms with van der Waals surface area (Å²) in [6.07, 6.45) is 0.938. The first-order chi connectivity index (χ1) is 14.0. The molecule has 2 aliphatic rings. The topological polar surface area (TPSA) is 98.3 Å². The highest BCUT2D eigenvalue weighted by Crippen LogP contribution is 2.33. The van der Waals surface area contributed by atoms with Gasteiger partial charge in [0.05, 0.1) is 32.4 Å². The molecule has 9 nitrogen and oxygen atoms in total. The van der Waals surface area contributed by atoms with Gasteiger partial charge in [0.2, 0.25) is 5.91 Å². The minimum absolute atomic E-state index is 0. The summed E-state index contributed by atoms with van der Waals surface area (Å²) in [5.74, 6) is 1.25. The van der Waals surface area contributed by atoms with Crippen molar-refractivity contribution in [2.24, 2.45) is 4.99 Å². The van der Waals surface area contributed by atoms with Gasteiger partial charge in [-0.1, -0.05) is 11.6 Å². The summed E-state index contributed by atoms with van der Waals surface area (Å²) in [6.45, 7) is 5.03. The molecule has 1 unspecified atom stereocenters. The molecule has 1 atom stereocenters. The van der Waals surface area contributed by atoms with Crippen LogP contribution in [0.2, 0.25) is 5.02 Å². The molecule has 166 valence electrons. The highest BCUT2D eigenvalue weighted by molar-refractivity contribution is 14.0. The first kappa shape index (κ1) is 24.3. The second-order valence-corrected chi connectivity index (χ2v) is 7.29. The van der Waals surface area contributed by atoms with E-state index in [0.29, 0.717) is 24.1 Å². The molecule has 0 bridgehead atoms. The van der Waals surface area contributed by atoms with Crippen LogP contribution >= 0.6 is 35.6 Å². The number of carbonyl (C=O) groups excluding carboxylic acids is 2. The van der Waals surface area contributed by atoms with Crippen LogP contribution in [0, 0.1) is 0 Å². The minimum atomic E-state index is -0.356. The first-order valence-electron chi connectivity index (χ1n) is 9.73. The number of urea groups is 1. The maximum Gasteiger partial charge on any atom is 0.324 e. The summed E-state index contributed by atoms with van der Waals surface area (Å²) in [4.78, 5) is 31.2. The number of nitrogens with one attached hydrogen (secondary N) is 3. The van der Waals surface area contributed by atoms with Crippen molar-refractivity contribution >= 4 is 59.2 Å². The van der Waals surface area contributed by atoms with Crippen molar-refractivity contribution in [2.75, 3.05) is 51.3 Å². The largest absolute Gasteiger partial charge is 0.495 e. The van der Waals surface area contributed by atoms with Gasteiger partial charge in [0.15, 0.2) is 5.96 Å². The van der Waals surface area contributed by atoms with E-state index in [1.54, 1.807) is 7.11 Å². The number of anilines is 1. The third kappa shape index (κ3) is 6.03. The van der Waals surface area contributed by atoms with Gasteiger partial charge in [0.25, 0.3) is 0 Å². The molecule has 1 aromatic rings. The highest BCUT2D eigenvalue weighted by Gasteiger charge is 2.28. The highest BCUT2D eigenvalue weighted by atomic mass is 127. The molecule has 0 aromatic heterocycles. The molecule has 30 heavy (non-hydrogen) atoms. The summed E-state index contributed by atoms with van der Waals surface area (Å²) in [5.41, 5.74) is 0.977. The van der Waals surface area contributed by atoms with Crippen molar-refractivity contribution in [3.63, 3.8) is 0 Å². The van der Waals surface area contributed by atoms with Crippen molar-refractivity contribution in [2.45, 2.75) is 19.4 Å². The fourth-order valence-corrected chi connectivity index (χ4v) is 3.63. The number of aliphatic imine (C=N–C) groups is 1. The SMILES string of the molecule is CCNC(=NCCN1C(=O)CNC1=O)NC1CCN(c2cc(Cl)ccc2OC)C1.I. The average molecular weight is 551 g/mol. The second-order valence-electron chi connectivity index (χ2n) is 6.86.